The van der Waals surface area contributed by atoms with Crippen molar-refractivity contribution in [2.75, 3.05) is 6.54 Å². The minimum Gasteiger partial charge on any atom is -0.393 e. The molecule has 0 bridgehead atoms. The molecule has 1 rings (SSSR count). The Morgan fingerprint density at radius 1 is 1.69 bits per heavy atom. The highest BCUT2D eigenvalue weighted by molar-refractivity contribution is 7.80. The largest absolute Gasteiger partial charge is 0.393 e. The van der Waals surface area contributed by atoms with Gasteiger partial charge in [-0.25, -0.2) is 0 Å². The molecule has 0 aromatic carbocycles. The van der Waals surface area contributed by atoms with Crippen LogP contribution in [-0.2, 0) is 0 Å². The van der Waals surface area contributed by atoms with Gasteiger partial charge in [-0.2, -0.15) is 0 Å². The summed E-state index contributed by atoms with van der Waals surface area (Å²) in [5.74, 6) is -0.129. The van der Waals surface area contributed by atoms with E-state index in [2.05, 4.69) is 10.3 Å². The van der Waals surface area contributed by atoms with Crippen molar-refractivity contribution in [2.24, 2.45) is 11.7 Å². The summed E-state index contributed by atoms with van der Waals surface area (Å²) in [6, 6.07) is 3.41. The number of amides is 1. The van der Waals surface area contributed by atoms with Crippen LogP contribution in [0, 0.1) is 12.8 Å². The summed E-state index contributed by atoms with van der Waals surface area (Å²) in [5.41, 5.74) is 6.87. The molecule has 5 heteroatoms. The van der Waals surface area contributed by atoms with Crippen LogP contribution in [0.5, 0.6) is 0 Å². The molecule has 3 N–H and O–H groups in total. The SMILES string of the molecule is Cc1cc(C(=O)NCC(C)C(N)=S)ccn1. The highest BCUT2D eigenvalue weighted by Crippen LogP contribution is 2.01. The van der Waals surface area contributed by atoms with Crippen LogP contribution in [-0.4, -0.2) is 22.4 Å². The average Bonchev–Trinajstić information content (AvgIpc) is 2.25. The van der Waals surface area contributed by atoms with Crippen molar-refractivity contribution in [3.05, 3.63) is 29.6 Å². The van der Waals surface area contributed by atoms with Crippen LogP contribution < -0.4 is 11.1 Å². The summed E-state index contributed by atoms with van der Waals surface area (Å²) >= 11 is 4.82. The molecular weight excluding hydrogens is 222 g/mol. The third-order valence-electron chi connectivity index (χ3n) is 2.21. The molecule has 1 aromatic heterocycles. The van der Waals surface area contributed by atoms with Crippen molar-refractivity contribution in [1.82, 2.24) is 10.3 Å². The average molecular weight is 237 g/mol. The van der Waals surface area contributed by atoms with E-state index in [4.69, 9.17) is 18.0 Å². The summed E-state index contributed by atoms with van der Waals surface area (Å²) < 4.78 is 0. The summed E-state index contributed by atoms with van der Waals surface area (Å²) in [6.45, 7) is 4.17. The van der Waals surface area contributed by atoms with Gasteiger partial charge in [0.25, 0.3) is 5.91 Å². The quantitative estimate of drug-likeness (QED) is 0.768. The Kier molecular flexibility index (Phi) is 4.37. The third-order valence-corrected chi connectivity index (χ3v) is 2.62. The number of aromatic nitrogens is 1. The Morgan fingerprint density at radius 2 is 2.38 bits per heavy atom. The van der Waals surface area contributed by atoms with Gasteiger partial charge in [0.2, 0.25) is 0 Å². The van der Waals surface area contributed by atoms with Gasteiger partial charge in [-0.3, -0.25) is 9.78 Å². The van der Waals surface area contributed by atoms with Crippen molar-refractivity contribution in [2.45, 2.75) is 13.8 Å². The topological polar surface area (TPSA) is 68.0 Å². The van der Waals surface area contributed by atoms with Gasteiger partial charge in [0.1, 0.15) is 0 Å². The summed E-state index contributed by atoms with van der Waals surface area (Å²) in [6.07, 6.45) is 1.61. The minimum absolute atomic E-state index is 0.00174. The number of nitrogens with two attached hydrogens (primary N) is 1. The number of carbonyl (C=O) groups excluding carboxylic acids is 1. The Hall–Kier alpha value is -1.49. The van der Waals surface area contributed by atoms with E-state index in [9.17, 15) is 4.79 Å². The van der Waals surface area contributed by atoms with Gasteiger partial charge >= 0.3 is 0 Å². The molecule has 86 valence electrons. The maximum atomic E-state index is 11.7. The van der Waals surface area contributed by atoms with E-state index >= 15 is 0 Å². The first-order valence-corrected chi connectivity index (χ1v) is 5.41. The van der Waals surface area contributed by atoms with Crippen LogP contribution in [0.25, 0.3) is 0 Å². The van der Waals surface area contributed by atoms with E-state index in [0.29, 0.717) is 17.1 Å². The molecule has 1 unspecified atom stereocenters. The number of pyridine rings is 1. The molecule has 1 amide bonds. The van der Waals surface area contributed by atoms with E-state index in [1.54, 1.807) is 18.3 Å². The number of hydrogen-bond acceptors (Lipinski definition) is 3. The maximum absolute atomic E-state index is 11.7. The van der Waals surface area contributed by atoms with E-state index in [-0.39, 0.29) is 11.8 Å². The van der Waals surface area contributed by atoms with Crippen LogP contribution in [0.3, 0.4) is 0 Å². The predicted molar refractivity (Wildman–Crippen MR) is 67.3 cm³/mol. The maximum Gasteiger partial charge on any atom is 0.251 e. The smallest absolute Gasteiger partial charge is 0.251 e. The van der Waals surface area contributed by atoms with E-state index < -0.39 is 0 Å². The Labute approximate surface area is 100 Å². The Bertz CT molecular complexity index is 406. The summed E-state index contributed by atoms with van der Waals surface area (Å²) in [4.78, 5) is 16.1. The number of thiocarbonyl (C=S) groups is 1. The molecule has 0 aliphatic carbocycles. The number of hydrogen-bond donors (Lipinski definition) is 2. The van der Waals surface area contributed by atoms with Gasteiger partial charge in [-0.15, -0.1) is 0 Å². The zero-order valence-electron chi connectivity index (χ0n) is 9.36. The third kappa shape index (κ3) is 3.58. The lowest BCUT2D eigenvalue weighted by atomic mass is 10.1. The first kappa shape index (κ1) is 12.6. The molecule has 4 nitrogen and oxygen atoms in total. The van der Waals surface area contributed by atoms with Crippen molar-refractivity contribution >= 4 is 23.1 Å². The molecule has 0 radical (unpaired) electrons. The Balaban J connectivity index is 2.56. The molecule has 1 heterocycles. The number of rotatable bonds is 4. The second-order valence-electron chi connectivity index (χ2n) is 3.70. The van der Waals surface area contributed by atoms with Crippen LogP contribution in [0.1, 0.15) is 23.0 Å². The lowest BCUT2D eigenvalue weighted by Crippen LogP contribution is -2.33. The molecule has 0 saturated carbocycles. The van der Waals surface area contributed by atoms with Crippen LogP contribution in [0.4, 0.5) is 0 Å². The van der Waals surface area contributed by atoms with Crippen molar-refractivity contribution in [3.8, 4) is 0 Å². The molecule has 0 saturated heterocycles. The second-order valence-corrected chi connectivity index (χ2v) is 4.17. The lowest BCUT2D eigenvalue weighted by molar-refractivity contribution is 0.0951. The normalized spacial score (nSPS) is 11.9. The lowest BCUT2D eigenvalue weighted by Gasteiger charge is -2.10. The fraction of sp³-hybridized carbons (Fsp3) is 0.364. The predicted octanol–water partition coefficient (Wildman–Crippen LogP) is 1.04. The van der Waals surface area contributed by atoms with E-state index in [1.807, 2.05) is 13.8 Å². The van der Waals surface area contributed by atoms with Gasteiger partial charge in [-0.05, 0) is 19.1 Å². The van der Waals surface area contributed by atoms with Crippen molar-refractivity contribution < 1.29 is 4.79 Å². The molecule has 16 heavy (non-hydrogen) atoms. The van der Waals surface area contributed by atoms with E-state index in [0.717, 1.165) is 5.69 Å². The number of nitrogens with one attached hydrogen (secondary N) is 1. The molecule has 0 fully saturated rings. The molecule has 1 atom stereocenters. The summed E-state index contributed by atoms with van der Waals surface area (Å²) in [5, 5.41) is 2.77. The van der Waals surface area contributed by atoms with Crippen LogP contribution in [0.2, 0.25) is 0 Å². The molecule has 0 aliphatic heterocycles. The minimum atomic E-state index is -0.131. The van der Waals surface area contributed by atoms with Crippen LogP contribution in [0.15, 0.2) is 18.3 Å². The van der Waals surface area contributed by atoms with Crippen molar-refractivity contribution in [1.29, 1.82) is 0 Å². The van der Waals surface area contributed by atoms with Gasteiger partial charge in [0, 0.05) is 29.9 Å². The number of carbonyl (C=O) groups is 1. The monoisotopic (exact) mass is 237 g/mol. The molecular formula is C11H15N3OS. The standard InChI is InChI=1S/C11H15N3OS/c1-7(10(12)16)6-14-11(15)9-3-4-13-8(2)5-9/h3-5,7H,6H2,1-2H3,(H2,12,16)(H,14,15). The second kappa shape index (κ2) is 5.55. The fourth-order valence-corrected chi connectivity index (χ4v) is 1.22. The Morgan fingerprint density at radius 3 is 2.94 bits per heavy atom. The zero-order chi connectivity index (χ0) is 12.1. The number of nitrogens with zero attached hydrogens (tertiary/aromatic N) is 1. The van der Waals surface area contributed by atoms with Gasteiger partial charge < -0.3 is 11.1 Å². The molecule has 1 aromatic rings. The first-order chi connectivity index (χ1) is 7.50. The number of aryl methyl sites for hydroxylation is 1. The first-order valence-electron chi connectivity index (χ1n) is 5.01. The van der Waals surface area contributed by atoms with Crippen LogP contribution >= 0.6 is 12.2 Å². The van der Waals surface area contributed by atoms with E-state index in [1.165, 1.54) is 0 Å². The highest BCUT2D eigenvalue weighted by atomic mass is 32.1. The van der Waals surface area contributed by atoms with Crippen molar-refractivity contribution in [3.63, 3.8) is 0 Å². The molecule has 0 spiro atoms. The van der Waals surface area contributed by atoms with Gasteiger partial charge in [0.15, 0.2) is 0 Å². The zero-order valence-corrected chi connectivity index (χ0v) is 10.2. The fourth-order valence-electron chi connectivity index (χ4n) is 1.14. The highest BCUT2D eigenvalue weighted by Gasteiger charge is 2.09. The van der Waals surface area contributed by atoms with Gasteiger partial charge in [-0.1, -0.05) is 19.1 Å². The summed E-state index contributed by atoms with van der Waals surface area (Å²) in [7, 11) is 0. The van der Waals surface area contributed by atoms with Gasteiger partial charge in [0.05, 0.1) is 4.99 Å². The molecule has 0 aliphatic rings.